The van der Waals surface area contributed by atoms with E-state index < -0.39 is 0 Å². The molecule has 8 aromatic rings. The van der Waals surface area contributed by atoms with Gasteiger partial charge in [0, 0.05) is 44.7 Å². The number of aromatic amines is 1. The van der Waals surface area contributed by atoms with Crippen LogP contribution in [0.1, 0.15) is 73.4 Å². The summed E-state index contributed by atoms with van der Waals surface area (Å²) in [5.41, 5.74) is 14.4. The fraction of sp³-hybridized carbons (Fsp3) is 0.250. The predicted octanol–water partition coefficient (Wildman–Crippen LogP) is 13.1. The molecule has 3 aromatic heterocycles. The Balaban J connectivity index is 1.39. The number of hydrogen-bond donors (Lipinski definition) is 1. The third-order valence-electron chi connectivity index (χ3n) is 10.4. The van der Waals surface area contributed by atoms with Crippen LogP contribution < -0.4 is 0 Å². The molecule has 0 atom stereocenters. The van der Waals surface area contributed by atoms with Crippen LogP contribution in [0.4, 0.5) is 0 Å². The van der Waals surface area contributed by atoms with Crippen LogP contribution in [0.25, 0.3) is 77.7 Å². The molecule has 5 aromatic carbocycles. The Labute approximate surface area is 307 Å². The third-order valence-corrected chi connectivity index (χ3v) is 10.4. The van der Waals surface area contributed by atoms with Crippen molar-refractivity contribution in [2.75, 3.05) is 0 Å². The molecule has 0 aliphatic heterocycles. The number of pyridine rings is 1. The van der Waals surface area contributed by atoms with Gasteiger partial charge in [0.15, 0.2) is 0 Å². The second-order valence-electron chi connectivity index (χ2n) is 17.3. The van der Waals surface area contributed by atoms with Crippen LogP contribution in [0.3, 0.4) is 0 Å². The van der Waals surface area contributed by atoms with E-state index in [9.17, 15) is 0 Å². The van der Waals surface area contributed by atoms with Crippen molar-refractivity contribution in [2.45, 2.75) is 78.7 Å². The Morgan fingerprint density at radius 3 is 1.96 bits per heavy atom. The molecule has 0 unspecified atom stereocenters. The van der Waals surface area contributed by atoms with Crippen molar-refractivity contribution in [3.05, 3.63) is 133 Å². The number of fused-ring (bicyclic) bond motifs is 4. The molecule has 1 N–H and O–H groups in total. The van der Waals surface area contributed by atoms with Gasteiger partial charge in [0.1, 0.15) is 5.82 Å². The number of imidazole rings is 1. The van der Waals surface area contributed by atoms with Gasteiger partial charge in [-0.1, -0.05) is 108 Å². The molecule has 4 heteroatoms. The fourth-order valence-corrected chi connectivity index (χ4v) is 7.51. The standard InChI is InChI=1S/C48H48N4/c1-46(2,3)34-25-32(24-33(26-34)41-27-31(22-23-49-41)30-16-11-10-12-17-30)36-19-15-21-42-44(36)51-45(52(42)48(7,8)9)39-29-35(47(4,5)6)28-38-37-18-13-14-20-40(37)50-43(38)39/h10-29,50H,1-9H3. The van der Waals surface area contributed by atoms with Crippen molar-refractivity contribution in [3.63, 3.8) is 0 Å². The Hall–Kier alpha value is -5.48. The molecule has 0 amide bonds. The molecule has 0 fully saturated rings. The van der Waals surface area contributed by atoms with Gasteiger partial charge in [-0.2, -0.15) is 0 Å². The number of hydrogen-bond acceptors (Lipinski definition) is 2. The van der Waals surface area contributed by atoms with Gasteiger partial charge in [0.05, 0.1) is 22.2 Å². The lowest BCUT2D eigenvalue weighted by Crippen LogP contribution is -2.23. The highest BCUT2D eigenvalue weighted by atomic mass is 15.1. The van der Waals surface area contributed by atoms with Crippen LogP contribution in [0.2, 0.25) is 0 Å². The van der Waals surface area contributed by atoms with E-state index in [0.717, 1.165) is 61.4 Å². The molecule has 0 saturated carbocycles. The Kier molecular flexibility index (Phi) is 7.80. The summed E-state index contributed by atoms with van der Waals surface area (Å²) in [4.78, 5) is 14.3. The molecule has 4 nitrogen and oxygen atoms in total. The number of rotatable bonds is 4. The van der Waals surface area contributed by atoms with Crippen molar-refractivity contribution in [1.82, 2.24) is 19.5 Å². The fourth-order valence-electron chi connectivity index (χ4n) is 7.51. The molecule has 0 bridgehead atoms. The van der Waals surface area contributed by atoms with Crippen molar-refractivity contribution in [1.29, 1.82) is 0 Å². The highest BCUT2D eigenvalue weighted by Crippen LogP contribution is 2.43. The predicted molar refractivity (Wildman–Crippen MR) is 221 cm³/mol. The number of nitrogens with zero attached hydrogens (tertiary/aromatic N) is 3. The first kappa shape index (κ1) is 33.7. The summed E-state index contributed by atoms with van der Waals surface area (Å²) in [7, 11) is 0. The van der Waals surface area contributed by atoms with Gasteiger partial charge in [0.25, 0.3) is 0 Å². The van der Waals surface area contributed by atoms with Crippen molar-refractivity contribution >= 4 is 32.8 Å². The van der Waals surface area contributed by atoms with E-state index in [0.29, 0.717) is 0 Å². The Morgan fingerprint density at radius 1 is 0.538 bits per heavy atom. The zero-order valence-electron chi connectivity index (χ0n) is 31.9. The minimum absolute atomic E-state index is 0.0410. The lowest BCUT2D eigenvalue weighted by atomic mass is 9.83. The van der Waals surface area contributed by atoms with Gasteiger partial charge in [0.2, 0.25) is 0 Å². The van der Waals surface area contributed by atoms with E-state index in [-0.39, 0.29) is 16.4 Å². The van der Waals surface area contributed by atoms with Gasteiger partial charge in [-0.15, -0.1) is 0 Å². The number of nitrogens with one attached hydrogen (secondary N) is 1. The molecular formula is C48H48N4. The largest absolute Gasteiger partial charge is 0.354 e. The van der Waals surface area contributed by atoms with Gasteiger partial charge in [-0.3, -0.25) is 4.98 Å². The molecule has 0 saturated heterocycles. The van der Waals surface area contributed by atoms with E-state index in [2.05, 4.69) is 187 Å². The average molecular weight is 681 g/mol. The first-order chi connectivity index (χ1) is 24.7. The molecule has 3 heterocycles. The maximum absolute atomic E-state index is 5.64. The van der Waals surface area contributed by atoms with Gasteiger partial charge in [-0.05, 0) is 108 Å². The summed E-state index contributed by atoms with van der Waals surface area (Å²) in [6.45, 7) is 20.6. The van der Waals surface area contributed by atoms with Crippen LogP contribution in [-0.4, -0.2) is 19.5 Å². The summed E-state index contributed by atoms with van der Waals surface area (Å²) in [6.07, 6.45) is 1.93. The summed E-state index contributed by atoms with van der Waals surface area (Å²) in [5.74, 6) is 0.974. The van der Waals surface area contributed by atoms with Crippen LogP contribution >= 0.6 is 0 Å². The summed E-state index contributed by atoms with van der Waals surface area (Å²) in [6, 6.07) is 41.8. The van der Waals surface area contributed by atoms with E-state index >= 15 is 0 Å². The maximum atomic E-state index is 5.64. The number of aromatic nitrogens is 4. The van der Waals surface area contributed by atoms with Crippen molar-refractivity contribution in [3.8, 4) is 44.9 Å². The van der Waals surface area contributed by atoms with Crippen LogP contribution in [0.5, 0.6) is 0 Å². The summed E-state index contributed by atoms with van der Waals surface area (Å²) >= 11 is 0. The normalized spacial score (nSPS) is 12.7. The van der Waals surface area contributed by atoms with Gasteiger partial charge in [-0.25, -0.2) is 4.98 Å². The third kappa shape index (κ3) is 5.90. The van der Waals surface area contributed by atoms with Crippen LogP contribution in [-0.2, 0) is 16.4 Å². The van der Waals surface area contributed by atoms with E-state index in [4.69, 9.17) is 9.97 Å². The monoisotopic (exact) mass is 680 g/mol. The molecule has 0 radical (unpaired) electrons. The number of benzene rings is 5. The van der Waals surface area contributed by atoms with Crippen LogP contribution in [0, 0.1) is 0 Å². The Morgan fingerprint density at radius 2 is 1.23 bits per heavy atom. The average Bonchev–Trinajstić information content (AvgIpc) is 3.70. The smallest absolute Gasteiger partial charge is 0.143 e. The number of H-pyrrole nitrogens is 1. The topological polar surface area (TPSA) is 46.5 Å². The molecule has 0 aliphatic carbocycles. The maximum Gasteiger partial charge on any atom is 0.143 e. The first-order valence-corrected chi connectivity index (χ1v) is 18.4. The minimum Gasteiger partial charge on any atom is -0.354 e. The van der Waals surface area contributed by atoms with E-state index in [1.807, 2.05) is 6.20 Å². The molecule has 0 aliphatic rings. The lowest BCUT2D eigenvalue weighted by Gasteiger charge is -2.26. The van der Waals surface area contributed by atoms with E-state index in [1.54, 1.807) is 0 Å². The van der Waals surface area contributed by atoms with Gasteiger partial charge >= 0.3 is 0 Å². The molecule has 8 rings (SSSR count). The van der Waals surface area contributed by atoms with Gasteiger partial charge < -0.3 is 9.55 Å². The SMILES string of the molecule is CC(C)(C)c1cc(-c2cc(-c3ccccc3)ccn2)cc(-c2cccc3c2nc(-c2cc(C(C)(C)C)cc4c2[nH]c2ccccc24)n3C(C)(C)C)c1. The van der Waals surface area contributed by atoms with Crippen LogP contribution in [0.15, 0.2) is 121 Å². The lowest BCUT2D eigenvalue weighted by molar-refractivity contribution is 0.413. The highest BCUT2D eigenvalue weighted by Gasteiger charge is 2.28. The number of para-hydroxylation sites is 2. The quantitative estimate of drug-likeness (QED) is 0.201. The highest BCUT2D eigenvalue weighted by molar-refractivity contribution is 6.12. The molecule has 0 spiro atoms. The van der Waals surface area contributed by atoms with Crippen molar-refractivity contribution < 1.29 is 0 Å². The zero-order chi connectivity index (χ0) is 36.6. The van der Waals surface area contributed by atoms with E-state index in [1.165, 1.54) is 27.5 Å². The molecular weight excluding hydrogens is 633 g/mol. The second-order valence-corrected chi connectivity index (χ2v) is 17.3. The summed E-state index contributed by atoms with van der Waals surface area (Å²) in [5, 5.41) is 2.47. The van der Waals surface area contributed by atoms with Crippen molar-refractivity contribution in [2.24, 2.45) is 0 Å². The summed E-state index contributed by atoms with van der Waals surface area (Å²) < 4.78 is 2.44. The zero-order valence-corrected chi connectivity index (χ0v) is 31.9. The second kappa shape index (κ2) is 12.1. The Bertz CT molecular complexity index is 2620. The molecule has 260 valence electrons. The minimum atomic E-state index is -0.237. The molecule has 52 heavy (non-hydrogen) atoms. The first-order valence-electron chi connectivity index (χ1n) is 18.4.